The lowest BCUT2D eigenvalue weighted by atomic mass is 10.1. The Morgan fingerprint density at radius 1 is 1.04 bits per heavy atom. The van der Waals surface area contributed by atoms with Crippen molar-refractivity contribution >= 4 is 29.1 Å². The standard InChI is InChI=1S/C21H20ClN3O2/c1-14-17(13-19(24-14)16-9-5-6-10-18(16)22)21(27)23-12-11-20(26)25-15-7-3-2-4-8-15/h2-10,13,24H,11-12H2,1H3,(H,23,27)(H,25,26). The Morgan fingerprint density at radius 3 is 2.48 bits per heavy atom. The maximum absolute atomic E-state index is 12.4. The Kier molecular flexibility index (Phi) is 5.94. The molecule has 0 saturated heterocycles. The summed E-state index contributed by atoms with van der Waals surface area (Å²) in [6.45, 7) is 2.08. The van der Waals surface area contributed by atoms with E-state index in [4.69, 9.17) is 11.6 Å². The fraction of sp³-hybridized carbons (Fsp3) is 0.143. The fourth-order valence-corrected chi connectivity index (χ4v) is 2.99. The number of hydrogen-bond donors (Lipinski definition) is 3. The lowest BCUT2D eigenvalue weighted by molar-refractivity contribution is -0.116. The van der Waals surface area contributed by atoms with Crippen molar-refractivity contribution in [1.82, 2.24) is 10.3 Å². The van der Waals surface area contributed by atoms with Gasteiger partial charge in [-0.2, -0.15) is 0 Å². The highest BCUT2D eigenvalue weighted by Crippen LogP contribution is 2.28. The van der Waals surface area contributed by atoms with Gasteiger partial charge in [0, 0.05) is 40.6 Å². The van der Waals surface area contributed by atoms with Gasteiger partial charge in [0.25, 0.3) is 5.91 Å². The van der Waals surface area contributed by atoms with Gasteiger partial charge in [0.05, 0.1) is 5.56 Å². The SMILES string of the molecule is Cc1[nH]c(-c2ccccc2Cl)cc1C(=O)NCCC(=O)Nc1ccccc1. The summed E-state index contributed by atoms with van der Waals surface area (Å²) in [5, 5.41) is 6.18. The molecule has 0 aliphatic heterocycles. The van der Waals surface area contributed by atoms with Crippen LogP contribution in [0.1, 0.15) is 22.5 Å². The van der Waals surface area contributed by atoms with Gasteiger partial charge in [0.15, 0.2) is 0 Å². The first kappa shape index (κ1) is 18.7. The van der Waals surface area contributed by atoms with Gasteiger partial charge >= 0.3 is 0 Å². The van der Waals surface area contributed by atoms with Crippen LogP contribution in [0.15, 0.2) is 60.7 Å². The predicted octanol–water partition coefficient (Wildman–Crippen LogP) is 4.40. The van der Waals surface area contributed by atoms with Gasteiger partial charge in [0.1, 0.15) is 0 Å². The second-order valence-electron chi connectivity index (χ2n) is 6.12. The molecule has 0 fully saturated rings. The lowest BCUT2D eigenvalue weighted by Gasteiger charge is -2.06. The van der Waals surface area contributed by atoms with Gasteiger partial charge in [-0.25, -0.2) is 0 Å². The number of rotatable bonds is 6. The Labute approximate surface area is 162 Å². The number of aromatic nitrogens is 1. The minimum atomic E-state index is -0.227. The Balaban J connectivity index is 1.57. The fourth-order valence-electron chi connectivity index (χ4n) is 2.75. The minimum absolute atomic E-state index is 0.149. The van der Waals surface area contributed by atoms with E-state index in [9.17, 15) is 9.59 Å². The smallest absolute Gasteiger partial charge is 0.253 e. The highest BCUT2D eigenvalue weighted by atomic mass is 35.5. The average molecular weight is 382 g/mol. The van der Waals surface area contributed by atoms with Crippen LogP contribution in [-0.4, -0.2) is 23.3 Å². The number of benzene rings is 2. The molecule has 0 saturated carbocycles. The van der Waals surface area contributed by atoms with E-state index >= 15 is 0 Å². The highest BCUT2D eigenvalue weighted by molar-refractivity contribution is 6.33. The summed E-state index contributed by atoms with van der Waals surface area (Å²) < 4.78 is 0. The van der Waals surface area contributed by atoms with Crippen molar-refractivity contribution < 1.29 is 9.59 Å². The van der Waals surface area contributed by atoms with Gasteiger partial charge < -0.3 is 15.6 Å². The molecule has 0 radical (unpaired) electrons. The summed E-state index contributed by atoms with van der Waals surface area (Å²) >= 11 is 6.22. The van der Waals surface area contributed by atoms with Gasteiger partial charge in [-0.15, -0.1) is 0 Å². The zero-order valence-corrected chi connectivity index (χ0v) is 15.6. The first-order valence-electron chi connectivity index (χ1n) is 8.62. The number of carbonyl (C=O) groups is 2. The molecule has 1 aromatic heterocycles. The molecule has 3 rings (SSSR count). The minimum Gasteiger partial charge on any atom is -0.358 e. The molecule has 0 aliphatic carbocycles. The number of aromatic amines is 1. The number of aryl methyl sites for hydroxylation is 1. The third kappa shape index (κ3) is 4.77. The molecule has 0 unspecified atom stereocenters. The molecule has 27 heavy (non-hydrogen) atoms. The molecular weight excluding hydrogens is 362 g/mol. The number of hydrogen-bond acceptors (Lipinski definition) is 2. The number of halogens is 1. The molecule has 2 amide bonds. The Morgan fingerprint density at radius 2 is 1.74 bits per heavy atom. The molecule has 0 spiro atoms. The lowest BCUT2D eigenvalue weighted by Crippen LogP contribution is -2.27. The zero-order chi connectivity index (χ0) is 19.2. The van der Waals surface area contributed by atoms with Crippen LogP contribution in [0.25, 0.3) is 11.3 Å². The van der Waals surface area contributed by atoms with E-state index in [1.54, 1.807) is 12.1 Å². The van der Waals surface area contributed by atoms with Crippen LogP contribution in [-0.2, 0) is 4.79 Å². The molecule has 3 aromatic rings. The Bertz CT molecular complexity index is 951. The largest absolute Gasteiger partial charge is 0.358 e. The number of carbonyl (C=O) groups excluding carboxylic acids is 2. The average Bonchev–Trinajstić information content (AvgIpc) is 3.04. The molecule has 5 nitrogen and oxygen atoms in total. The van der Waals surface area contributed by atoms with Crippen molar-refractivity contribution in [3.8, 4) is 11.3 Å². The van der Waals surface area contributed by atoms with Gasteiger partial charge in [0.2, 0.25) is 5.91 Å². The van der Waals surface area contributed by atoms with Crippen molar-refractivity contribution in [3.63, 3.8) is 0 Å². The van der Waals surface area contributed by atoms with Crippen LogP contribution in [0, 0.1) is 6.92 Å². The quantitative estimate of drug-likeness (QED) is 0.592. The number of amides is 2. The van der Waals surface area contributed by atoms with Gasteiger partial charge in [-0.1, -0.05) is 48.0 Å². The second-order valence-corrected chi connectivity index (χ2v) is 6.53. The number of anilines is 1. The summed E-state index contributed by atoms with van der Waals surface area (Å²) in [7, 11) is 0. The van der Waals surface area contributed by atoms with Crippen LogP contribution in [0.5, 0.6) is 0 Å². The molecule has 0 aliphatic rings. The first-order valence-corrected chi connectivity index (χ1v) is 9.00. The molecule has 6 heteroatoms. The predicted molar refractivity (Wildman–Crippen MR) is 108 cm³/mol. The maximum Gasteiger partial charge on any atom is 0.253 e. The van der Waals surface area contributed by atoms with Crippen LogP contribution in [0.3, 0.4) is 0 Å². The molecule has 138 valence electrons. The zero-order valence-electron chi connectivity index (χ0n) is 14.9. The van der Waals surface area contributed by atoms with E-state index in [-0.39, 0.29) is 24.8 Å². The number of nitrogens with one attached hydrogen (secondary N) is 3. The molecule has 0 bridgehead atoms. The third-order valence-electron chi connectivity index (χ3n) is 4.12. The van der Waals surface area contributed by atoms with E-state index in [0.717, 1.165) is 22.6 Å². The Hall–Kier alpha value is -3.05. The number of para-hydroxylation sites is 1. The number of H-pyrrole nitrogens is 1. The van der Waals surface area contributed by atoms with Crippen molar-refractivity contribution in [2.45, 2.75) is 13.3 Å². The van der Waals surface area contributed by atoms with Crippen molar-refractivity contribution in [1.29, 1.82) is 0 Å². The summed E-state index contributed by atoms with van der Waals surface area (Å²) in [4.78, 5) is 27.6. The topological polar surface area (TPSA) is 74.0 Å². The maximum atomic E-state index is 12.4. The van der Waals surface area contributed by atoms with Crippen LogP contribution < -0.4 is 10.6 Å². The van der Waals surface area contributed by atoms with Crippen molar-refractivity contribution in [2.24, 2.45) is 0 Å². The monoisotopic (exact) mass is 381 g/mol. The summed E-state index contributed by atoms with van der Waals surface area (Å²) in [5.74, 6) is -0.376. The first-order chi connectivity index (χ1) is 13.0. The summed E-state index contributed by atoms with van der Waals surface area (Å²) in [6, 6.07) is 18.4. The van der Waals surface area contributed by atoms with Gasteiger partial charge in [-0.05, 0) is 31.2 Å². The van der Waals surface area contributed by atoms with Crippen molar-refractivity contribution in [2.75, 3.05) is 11.9 Å². The van der Waals surface area contributed by atoms with E-state index in [1.807, 2.05) is 55.5 Å². The third-order valence-corrected chi connectivity index (χ3v) is 4.45. The van der Waals surface area contributed by atoms with Crippen LogP contribution in [0.4, 0.5) is 5.69 Å². The van der Waals surface area contributed by atoms with E-state index in [1.165, 1.54) is 0 Å². The molecule has 3 N–H and O–H groups in total. The van der Waals surface area contributed by atoms with Crippen LogP contribution in [0.2, 0.25) is 5.02 Å². The molecule has 2 aromatic carbocycles. The van der Waals surface area contributed by atoms with E-state index in [2.05, 4.69) is 15.6 Å². The highest BCUT2D eigenvalue weighted by Gasteiger charge is 2.15. The van der Waals surface area contributed by atoms with Crippen molar-refractivity contribution in [3.05, 3.63) is 76.9 Å². The summed E-state index contributed by atoms with van der Waals surface area (Å²) in [6.07, 6.45) is 0.196. The van der Waals surface area contributed by atoms with E-state index in [0.29, 0.717) is 10.6 Å². The normalized spacial score (nSPS) is 10.4. The molecule has 1 heterocycles. The van der Waals surface area contributed by atoms with Gasteiger partial charge in [-0.3, -0.25) is 9.59 Å². The summed E-state index contributed by atoms with van der Waals surface area (Å²) in [5.41, 5.74) is 3.64. The van der Waals surface area contributed by atoms with Crippen LogP contribution >= 0.6 is 11.6 Å². The van der Waals surface area contributed by atoms with E-state index < -0.39 is 0 Å². The molecule has 0 atom stereocenters. The second kappa shape index (κ2) is 8.56. The molecular formula is C21H20ClN3O2.